The van der Waals surface area contributed by atoms with Crippen molar-refractivity contribution in [3.05, 3.63) is 0 Å². The van der Waals surface area contributed by atoms with E-state index in [9.17, 15) is 28.8 Å². The van der Waals surface area contributed by atoms with Gasteiger partial charge in [0, 0.05) is 58.7 Å². The Kier molecular flexibility index (Phi) is 30.1. The van der Waals surface area contributed by atoms with Crippen LogP contribution in [0.3, 0.4) is 0 Å². The number of hydrogen-bond acceptors (Lipinski definition) is 13. The number of alkyl carbamates (subject to hydrolysis) is 3. The topological polar surface area (TPSA) is 256 Å². The van der Waals surface area contributed by atoms with Crippen molar-refractivity contribution in [2.45, 2.75) is 130 Å². The van der Waals surface area contributed by atoms with Gasteiger partial charge in [0.15, 0.2) is 0 Å². The molecule has 334 valence electrons. The Bertz CT molecular complexity index is 1080. The van der Waals surface area contributed by atoms with Crippen molar-refractivity contribution in [2.24, 2.45) is 5.73 Å². The van der Waals surface area contributed by atoms with Crippen LogP contribution in [-0.2, 0) is 42.8 Å². The highest BCUT2D eigenvalue weighted by Crippen LogP contribution is 2.09. The third kappa shape index (κ3) is 41.5. The summed E-state index contributed by atoms with van der Waals surface area (Å²) in [5, 5.41) is 15.9. The zero-order valence-electron chi connectivity index (χ0n) is 36.3. The van der Waals surface area contributed by atoms with Crippen molar-refractivity contribution in [1.82, 2.24) is 31.9 Å². The molecule has 0 aliphatic carbocycles. The molecule has 8 N–H and O–H groups in total. The number of nitrogens with two attached hydrogens (primary N) is 1. The SMILES string of the molecule is CC(C)(C)OC(=O)NCCCNC=O.CCCOCC(N)(COCCC(=O)NCCCNC(=O)OC(C)(C)C)COCCC(=O)NCCCNC(=O)OC(C)(C)C. The summed E-state index contributed by atoms with van der Waals surface area (Å²) in [6.07, 6.45) is 2.18. The molecular weight excluding hydrogens is 746 g/mol. The van der Waals surface area contributed by atoms with Crippen LogP contribution in [-0.4, -0.2) is 138 Å². The maximum atomic E-state index is 12.1. The molecule has 0 saturated carbocycles. The lowest BCUT2D eigenvalue weighted by Gasteiger charge is -2.29. The minimum atomic E-state index is -0.942. The molecule has 0 bridgehead atoms. The summed E-state index contributed by atoms with van der Waals surface area (Å²) in [6, 6.07) is 0. The monoisotopic (exact) mass is 822 g/mol. The fourth-order valence-electron chi connectivity index (χ4n) is 4.00. The highest BCUT2D eigenvalue weighted by Gasteiger charge is 2.27. The van der Waals surface area contributed by atoms with Gasteiger partial charge in [-0.25, -0.2) is 14.4 Å². The highest BCUT2D eigenvalue weighted by molar-refractivity contribution is 5.76. The Hall–Kier alpha value is -3.94. The van der Waals surface area contributed by atoms with Crippen LogP contribution in [0.25, 0.3) is 0 Å². The van der Waals surface area contributed by atoms with Gasteiger partial charge in [-0.1, -0.05) is 6.92 Å². The molecule has 0 aromatic rings. The molecule has 0 unspecified atom stereocenters. The van der Waals surface area contributed by atoms with Gasteiger partial charge in [-0.15, -0.1) is 0 Å². The van der Waals surface area contributed by atoms with E-state index in [0.29, 0.717) is 71.5 Å². The summed E-state index contributed by atoms with van der Waals surface area (Å²) in [4.78, 5) is 68.3. The molecule has 0 aromatic heterocycles. The van der Waals surface area contributed by atoms with Crippen LogP contribution in [0.1, 0.15) is 108 Å². The minimum Gasteiger partial charge on any atom is -0.444 e. The van der Waals surface area contributed by atoms with E-state index in [1.54, 1.807) is 62.3 Å². The maximum absolute atomic E-state index is 12.1. The Morgan fingerprint density at radius 1 is 0.509 bits per heavy atom. The minimum absolute atomic E-state index is 0.112. The normalized spacial score (nSPS) is 11.6. The van der Waals surface area contributed by atoms with Crippen molar-refractivity contribution in [1.29, 1.82) is 0 Å². The number of carbonyl (C=O) groups excluding carboxylic acids is 6. The van der Waals surface area contributed by atoms with Gasteiger partial charge >= 0.3 is 18.3 Å². The molecule has 0 radical (unpaired) electrons. The van der Waals surface area contributed by atoms with Crippen LogP contribution < -0.4 is 37.6 Å². The van der Waals surface area contributed by atoms with Gasteiger partial charge in [-0.05, 0) is 88.0 Å². The highest BCUT2D eigenvalue weighted by atomic mass is 16.6. The quantitative estimate of drug-likeness (QED) is 0.0358. The van der Waals surface area contributed by atoms with E-state index in [4.69, 9.17) is 34.2 Å². The molecular formula is C38H75N7O12. The average molecular weight is 822 g/mol. The number of hydrogen-bond donors (Lipinski definition) is 7. The first-order valence-corrected chi connectivity index (χ1v) is 19.6. The molecule has 0 spiro atoms. The van der Waals surface area contributed by atoms with Crippen LogP contribution in [0, 0.1) is 0 Å². The molecule has 19 heteroatoms. The summed E-state index contributed by atoms with van der Waals surface area (Å²) in [5.74, 6) is -0.352. The molecule has 0 fully saturated rings. The summed E-state index contributed by atoms with van der Waals surface area (Å²) >= 11 is 0. The maximum Gasteiger partial charge on any atom is 0.407 e. The predicted molar refractivity (Wildman–Crippen MR) is 216 cm³/mol. The number of carbonyl (C=O) groups is 6. The predicted octanol–water partition coefficient (Wildman–Crippen LogP) is 2.63. The third-order valence-electron chi connectivity index (χ3n) is 6.40. The Morgan fingerprint density at radius 3 is 1.14 bits per heavy atom. The van der Waals surface area contributed by atoms with Crippen LogP contribution in [0.15, 0.2) is 0 Å². The van der Waals surface area contributed by atoms with E-state index in [-0.39, 0.29) is 57.7 Å². The van der Waals surface area contributed by atoms with Gasteiger partial charge in [0.05, 0.1) is 38.6 Å². The number of amides is 6. The summed E-state index contributed by atoms with van der Waals surface area (Å²) in [5.41, 5.74) is 3.93. The molecule has 6 amide bonds. The first kappa shape index (κ1) is 55.2. The Labute approximate surface area is 340 Å². The standard InChI is InChI=1S/C29H57N5O9.C9H18N2O3/c1-8-17-39-20-29(30,21-40-18-11-23(35)31-13-9-15-33-25(37)42-27(2,3)4)22-41-19-12-24(36)32-14-10-16-34-26(38)43-28(5,6)7;1-9(2,3)14-8(13)11-6-4-5-10-7-12/h8-22,30H2,1-7H3,(H,31,35)(H,32,36)(H,33,37)(H,34,38);7H,4-6H2,1-3H3,(H,10,12)(H,11,13). The Morgan fingerprint density at radius 2 is 0.825 bits per heavy atom. The van der Waals surface area contributed by atoms with Gasteiger partial charge in [0.1, 0.15) is 16.8 Å². The zero-order valence-corrected chi connectivity index (χ0v) is 36.3. The molecule has 0 aliphatic heterocycles. The fourth-order valence-corrected chi connectivity index (χ4v) is 4.00. The zero-order chi connectivity index (χ0) is 43.8. The summed E-state index contributed by atoms with van der Waals surface area (Å²) in [6.45, 7) is 22.1. The molecule has 0 atom stereocenters. The van der Waals surface area contributed by atoms with E-state index < -0.39 is 40.6 Å². The Balaban J connectivity index is 0. The first-order valence-electron chi connectivity index (χ1n) is 19.6. The number of nitrogens with one attached hydrogen (secondary N) is 6. The number of ether oxygens (including phenoxy) is 6. The third-order valence-corrected chi connectivity index (χ3v) is 6.40. The second-order valence-corrected chi connectivity index (χ2v) is 16.1. The van der Waals surface area contributed by atoms with Crippen LogP contribution in [0.2, 0.25) is 0 Å². The van der Waals surface area contributed by atoms with Crippen molar-refractivity contribution >= 4 is 36.5 Å². The van der Waals surface area contributed by atoms with Crippen molar-refractivity contribution in [3.63, 3.8) is 0 Å². The van der Waals surface area contributed by atoms with Crippen LogP contribution >= 0.6 is 0 Å². The molecule has 0 heterocycles. The second kappa shape index (κ2) is 31.1. The smallest absolute Gasteiger partial charge is 0.407 e. The van der Waals surface area contributed by atoms with Crippen molar-refractivity contribution < 1.29 is 57.2 Å². The van der Waals surface area contributed by atoms with Gasteiger partial charge in [-0.2, -0.15) is 0 Å². The molecule has 57 heavy (non-hydrogen) atoms. The van der Waals surface area contributed by atoms with Crippen molar-refractivity contribution in [2.75, 3.05) is 78.9 Å². The van der Waals surface area contributed by atoms with E-state index in [2.05, 4.69) is 31.9 Å². The second-order valence-electron chi connectivity index (χ2n) is 16.1. The fraction of sp³-hybridized carbons (Fsp3) is 0.842. The van der Waals surface area contributed by atoms with Gasteiger partial charge in [-0.3, -0.25) is 14.4 Å². The lowest BCUT2D eigenvalue weighted by molar-refractivity contribution is -0.122. The van der Waals surface area contributed by atoms with E-state index in [1.807, 2.05) is 6.92 Å². The number of rotatable bonds is 27. The molecule has 0 aliphatic rings. The molecule has 0 rings (SSSR count). The van der Waals surface area contributed by atoms with E-state index in [0.717, 1.165) is 6.42 Å². The van der Waals surface area contributed by atoms with Gasteiger partial charge in [0.25, 0.3) is 0 Å². The lowest BCUT2D eigenvalue weighted by Crippen LogP contribution is -2.53. The summed E-state index contributed by atoms with van der Waals surface area (Å²) < 4.78 is 32.3. The van der Waals surface area contributed by atoms with Crippen molar-refractivity contribution in [3.8, 4) is 0 Å². The lowest BCUT2D eigenvalue weighted by atomic mass is 10.1. The van der Waals surface area contributed by atoms with Crippen LogP contribution in [0.4, 0.5) is 14.4 Å². The molecule has 19 nitrogen and oxygen atoms in total. The molecule has 0 saturated heterocycles. The largest absolute Gasteiger partial charge is 0.444 e. The first-order chi connectivity index (χ1) is 26.5. The van der Waals surface area contributed by atoms with E-state index >= 15 is 0 Å². The van der Waals surface area contributed by atoms with Gasteiger partial charge in [0.2, 0.25) is 18.2 Å². The molecule has 0 aromatic carbocycles. The summed E-state index contributed by atoms with van der Waals surface area (Å²) in [7, 11) is 0. The average Bonchev–Trinajstić information content (AvgIpc) is 3.06. The van der Waals surface area contributed by atoms with Gasteiger partial charge < -0.3 is 66.1 Å². The van der Waals surface area contributed by atoms with E-state index in [1.165, 1.54) is 0 Å². The van der Waals surface area contributed by atoms with Crippen LogP contribution in [0.5, 0.6) is 0 Å².